The Bertz CT molecular complexity index is 672. The molecule has 5 aliphatic carbocycles. The van der Waals surface area contributed by atoms with Crippen molar-refractivity contribution in [1.82, 2.24) is 4.90 Å². The molecule has 3 heteroatoms. The number of ketones is 1. The van der Waals surface area contributed by atoms with Crippen LogP contribution in [-0.2, 0) is 4.79 Å². The topological polar surface area (TPSA) is 40.5 Å². The third-order valence-electron chi connectivity index (χ3n) is 11.2. The van der Waals surface area contributed by atoms with Crippen LogP contribution < -0.4 is 0 Å². The van der Waals surface area contributed by atoms with Crippen molar-refractivity contribution in [2.45, 2.75) is 89.6 Å². The zero-order valence-corrected chi connectivity index (χ0v) is 18.5. The summed E-state index contributed by atoms with van der Waals surface area (Å²) in [4.78, 5) is 15.8. The molecule has 6 aliphatic rings. The smallest absolute Gasteiger partial charge is 0.150 e. The van der Waals surface area contributed by atoms with E-state index in [2.05, 4.69) is 11.8 Å². The molecule has 0 aromatic rings. The normalized spacial score (nSPS) is 54.1. The molecule has 1 aliphatic heterocycles. The highest BCUT2D eigenvalue weighted by Gasteiger charge is 2.65. The quantitative estimate of drug-likeness (QED) is 0.750. The van der Waals surface area contributed by atoms with Gasteiger partial charge in [0.1, 0.15) is 5.78 Å². The molecule has 1 heterocycles. The molecule has 9 atom stereocenters. The van der Waals surface area contributed by atoms with Gasteiger partial charge in [-0.15, -0.1) is 0 Å². The highest BCUT2D eigenvalue weighted by Crippen LogP contribution is 2.68. The van der Waals surface area contributed by atoms with E-state index in [9.17, 15) is 9.90 Å². The number of carbonyl (C=O) groups excluding carboxylic acids is 1. The fraction of sp³-hybridized carbons (Fsp3) is 0.962. The summed E-state index contributed by atoms with van der Waals surface area (Å²) in [6.45, 7) is 5.51. The van der Waals surface area contributed by atoms with Gasteiger partial charge < -0.3 is 5.11 Å². The molecule has 0 aromatic carbocycles. The van der Waals surface area contributed by atoms with Crippen LogP contribution in [0.15, 0.2) is 0 Å². The lowest BCUT2D eigenvalue weighted by Crippen LogP contribution is -2.50. The lowest BCUT2D eigenvalue weighted by atomic mass is 9.49. The van der Waals surface area contributed by atoms with Crippen molar-refractivity contribution >= 4 is 5.78 Å². The first-order chi connectivity index (χ1) is 14.0. The second-order valence-corrected chi connectivity index (χ2v) is 12.3. The monoisotopic (exact) mass is 399 g/mol. The maximum Gasteiger partial charge on any atom is 0.150 e. The number of fused-ring (bicyclic) bond motifs is 7. The lowest BCUT2D eigenvalue weighted by molar-refractivity contribution is -0.132. The predicted molar refractivity (Wildman–Crippen MR) is 114 cm³/mol. The number of Topliss-reactive ketones (excluding diaryl/α,β-unsaturated/α-hetero) is 1. The summed E-state index contributed by atoms with van der Waals surface area (Å²) < 4.78 is 0. The van der Waals surface area contributed by atoms with Crippen LogP contribution in [0.4, 0.5) is 0 Å². The van der Waals surface area contributed by atoms with Crippen molar-refractivity contribution in [3.05, 3.63) is 0 Å². The van der Waals surface area contributed by atoms with Crippen LogP contribution in [0.2, 0.25) is 0 Å². The molecule has 0 aromatic heterocycles. The van der Waals surface area contributed by atoms with Gasteiger partial charge in [-0.25, -0.2) is 0 Å². The Hall–Kier alpha value is -0.410. The third kappa shape index (κ3) is 2.93. The largest absolute Gasteiger partial charge is 0.390 e. The van der Waals surface area contributed by atoms with Crippen LogP contribution in [0.1, 0.15) is 84.0 Å². The Kier molecular flexibility index (Phi) is 4.52. The molecule has 1 saturated heterocycles. The fourth-order valence-electron chi connectivity index (χ4n) is 9.66. The minimum atomic E-state index is -0.253. The van der Waals surface area contributed by atoms with Gasteiger partial charge in [-0.2, -0.15) is 0 Å². The molecule has 1 unspecified atom stereocenters. The van der Waals surface area contributed by atoms with Gasteiger partial charge >= 0.3 is 0 Å². The lowest BCUT2D eigenvalue weighted by Gasteiger charge is -2.56. The molecule has 0 spiro atoms. The first kappa shape index (κ1) is 19.3. The maximum atomic E-state index is 13.4. The summed E-state index contributed by atoms with van der Waals surface area (Å²) in [5.41, 5.74) is 0.0202. The second kappa shape index (κ2) is 6.79. The average Bonchev–Trinajstić information content (AvgIpc) is 3.29. The summed E-state index contributed by atoms with van der Waals surface area (Å²) >= 11 is 0. The number of hydrogen-bond donors (Lipinski definition) is 1. The Balaban J connectivity index is 1.16. The molecule has 0 bridgehead atoms. The number of hydrogen-bond acceptors (Lipinski definition) is 3. The van der Waals surface area contributed by atoms with Gasteiger partial charge in [-0.05, 0) is 125 Å². The standard InChI is InChI=1S/C26H41NO2/c1-25-11-9-17-18-10-12-26(29)15-23(26)20(18)6-5-19(17)21(25)7-8-22(25)24(28)16-27-13-3-2-4-14-27/h17-23,29H,2-16H2,1H3/t17-,18-,19-,20-,21+,22-,23?,25+,26+/m1/s1. The van der Waals surface area contributed by atoms with Crippen molar-refractivity contribution in [1.29, 1.82) is 0 Å². The van der Waals surface area contributed by atoms with Crippen LogP contribution in [0.3, 0.4) is 0 Å². The van der Waals surface area contributed by atoms with E-state index in [-0.39, 0.29) is 11.0 Å². The number of rotatable bonds is 3. The molecular weight excluding hydrogens is 358 g/mol. The van der Waals surface area contributed by atoms with E-state index in [4.69, 9.17) is 0 Å². The van der Waals surface area contributed by atoms with Crippen molar-refractivity contribution in [3.63, 3.8) is 0 Å². The Morgan fingerprint density at radius 2 is 1.55 bits per heavy atom. The zero-order chi connectivity index (χ0) is 19.8. The number of carbonyl (C=O) groups is 1. The Labute approximate surface area is 177 Å². The highest BCUT2D eigenvalue weighted by molar-refractivity contribution is 5.84. The minimum absolute atomic E-state index is 0.253. The van der Waals surface area contributed by atoms with Crippen LogP contribution in [0, 0.1) is 46.8 Å². The molecule has 162 valence electrons. The Morgan fingerprint density at radius 3 is 2.31 bits per heavy atom. The second-order valence-electron chi connectivity index (χ2n) is 12.3. The number of nitrogens with zero attached hydrogens (tertiary/aromatic N) is 1. The van der Waals surface area contributed by atoms with Gasteiger partial charge in [-0.1, -0.05) is 13.3 Å². The molecule has 6 rings (SSSR count). The van der Waals surface area contributed by atoms with E-state index in [0.717, 1.165) is 68.5 Å². The van der Waals surface area contributed by atoms with Crippen LogP contribution in [-0.4, -0.2) is 41.0 Å². The minimum Gasteiger partial charge on any atom is -0.390 e. The van der Waals surface area contributed by atoms with E-state index >= 15 is 0 Å². The summed E-state index contributed by atoms with van der Waals surface area (Å²) in [6.07, 6.45) is 15.2. The van der Waals surface area contributed by atoms with Gasteiger partial charge in [0, 0.05) is 5.92 Å². The number of piperidine rings is 1. The van der Waals surface area contributed by atoms with Gasteiger partial charge in [-0.3, -0.25) is 9.69 Å². The number of aliphatic hydroxyl groups is 1. The van der Waals surface area contributed by atoms with E-state index < -0.39 is 0 Å². The first-order valence-corrected chi connectivity index (χ1v) is 13.0. The van der Waals surface area contributed by atoms with Gasteiger partial charge in [0.05, 0.1) is 12.1 Å². The van der Waals surface area contributed by atoms with Crippen LogP contribution >= 0.6 is 0 Å². The molecule has 6 fully saturated rings. The van der Waals surface area contributed by atoms with E-state index in [1.165, 1.54) is 57.8 Å². The van der Waals surface area contributed by atoms with Crippen molar-refractivity contribution in [3.8, 4) is 0 Å². The van der Waals surface area contributed by atoms with Gasteiger partial charge in [0.25, 0.3) is 0 Å². The molecule has 0 radical (unpaired) electrons. The van der Waals surface area contributed by atoms with E-state index in [1.807, 2.05) is 0 Å². The molecule has 0 amide bonds. The van der Waals surface area contributed by atoms with Gasteiger partial charge in [0.15, 0.2) is 0 Å². The summed E-state index contributed by atoms with van der Waals surface area (Å²) in [5, 5.41) is 10.7. The maximum absolute atomic E-state index is 13.4. The summed E-state index contributed by atoms with van der Waals surface area (Å²) in [5.74, 6) is 5.79. The summed E-state index contributed by atoms with van der Waals surface area (Å²) in [6, 6.07) is 0. The highest BCUT2D eigenvalue weighted by atomic mass is 16.3. The van der Waals surface area contributed by atoms with Crippen LogP contribution in [0.25, 0.3) is 0 Å². The van der Waals surface area contributed by atoms with Crippen molar-refractivity contribution in [2.75, 3.05) is 19.6 Å². The van der Waals surface area contributed by atoms with Crippen molar-refractivity contribution in [2.24, 2.45) is 46.8 Å². The molecule has 5 saturated carbocycles. The predicted octanol–water partition coefficient (Wildman–Crippen LogP) is 4.67. The van der Waals surface area contributed by atoms with Crippen LogP contribution in [0.5, 0.6) is 0 Å². The zero-order valence-electron chi connectivity index (χ0n) is 18.5. The van der Waals surface area contributed by atoms with Crippen molar-refractivity contribution < 1.29 is 9.90 Å². The van der Waals surface area contributed by atoms with E-state index in [0.29, 0.717) is 17.6 Å². The van der Waals surface area contributed by atoms with Gasteiger partial charge in [0.2, 0.25) is 0 Å². The first-order valence-electron chi connectivity index (χ1n) is 13.0. The average molecular weight is 400 g/mol. The summed E-state index contributed by atoms with van der Waals surface area (Å²) in [7, 11) is 0. The third-order valence-corrected chi connectivity index (χ3v) is 11.2. The number of likely N-dealkylation sites (tertiary alicyclic amines) is 1. The molecular formula is C26H41NO2. The molecule has 29 heavy (non-hydrogen) atoms. The molecule has 3 nitrogen and oxygen atoms in total. The Morgan fingerprint density at radius 1 is 0.862 bits per heavy atom. The van der Waals surface area contributed by atoms with E-state index in [1.54, 1.807) is 0 Å². The SMILES string of the molecule is C[C@]12CC[C@@H]3[C@H]4CC[C@]5(O)CC5[C@@H]4CC[C@H]3[C@@H]1CC[C@@H]2C(=O)CN1CCCCC1. The molecule has 1 N–H and O–H groups in total. The fourth-order valence-corrected chi connectivity index (χ4v) is 9.66.